The minimum Gasteiger partial charge on any atom is -0.499 e. The van der Waals surface area contributed by atoms with Crippen molar-refractivity contribution in [2.75, 3.05) is 19.7 Å². The third-order valence-electron chi connectivity index (χ3n) is 5.00. The molecule has 0 aliphatic rings. The molecule has 1 amide bonds. The molecule has 0 fully saturated rings. The molecule has 0 aromatic heterocycles. The first-order valence-corrected chi connectivity index (χ1v) is 11.2. The average Bonchev–Trinajstić information content (AvgIpc) is 2.88. The molecule has 0 spiro atoms. The molecular formula is C25H25N3O9. The highest BCUT2D eigenvalue weighted by Gasteiger charge is 2.29. The molecule has 1 unspecified atom stereocenters. The van der Waals surface area contributed by atoms with Gasteiger partial charge in [-0.25, -0.2) is 9.59 Å². The third-order valence-corrected chi connectivity index (χ3v) is 5.00. The monoisotopic (exact) mass is 511 g/mol. The lowest BCUT2D eigenvalue weighted by molar-refractivity contribution is -0.385. The summed E-state index contributed by atoms with van der Waals surface area (Å²) in [4.78, 5) is 49.4. The van der Waals surface area contributed by atoms with E-state index in [2.05, 4.69) is 0 Å². The number of esters is 1. The standard InChI is InChI=1S/C25H25N3O9/c1-4-27(5-2)23(30)18(15-26)12-16-13-19(28(33)34)21(29)20(14-16)36-25(32)37-22(24(31)35-6-3)17-10-8-7-9-11-17/h7-14,22,29H,4-6H2,1-3H3/b18-12+. The number of phenolic OH excluding ortho intramolecular Hbond substituents is 1. The number of nitro groups is 1. The molecule has 1 atom stereocenters. The summed E-state index contributed by atoms with van der Waals surface area (Å²) in [5.74, 6) is -3.18. The van der Waals surface area contributed by atoms with Crippen LogP contribution in [-0.2, 0) is 19.1 Å². The SMILES string of the molecule is CCOC(=O)C(OC(=O)Oc1cc(/C=C(\C#N)C(=O)N(CC)CC)cc([N+](=O)[O-])c1O)c1ccccc1. The van der Waals surface area contributed by atoms with Gasteiger partial charge in [0, 0.05) is 24.7 Å². The number of aromatic hydroxyl groups is 1. The molecule has 0 radical (unpaired) electrons. The number of carbonyl (C=O) groups is 3. The fourth-order valence-corrected chi connectivity index (χ4v) is 3.21. The first-order valence-electron chi connectivity index (χ1n) is 11.2. The van der Waals surface area contributed by atoms with Crippen LogP contribution >= 0.6 is 0 Å². The van der Waals surface area contributed by atoms with Gasteiger partial charge in [-0.05, 0) is 38.5 Å². The highest BCUT2D eigenvalue weighted by atomic mass is 16.7. The minimum absolute atomic E-state index is 0.00930. The van der Waals surface area contributed by atoms with Crippen molar-refractivity contribution >= 4 is 29.8 Å². The maximum absolute atomic E-state index is 12.6. The van der Waals surface area contributed by atoms with Gasteiger partial charge in [-0.2, -0.15) is 5.26 Å². The van der Waals surface area contributed by atoms with Crippen molar-refractivity contribution in [1.29, 1.82) is 5.26 Å². The van der Waals surface area contributed by atoms with Gasteiger partial charge in [-0.3, -0.25) is 14.9 Å². The van der Waals surface area contributed by atoms with E-state index in [1.807, 2.05) is 0 Å². The number of nitro benzene ring substituents is 1. The molecule has 0 saturated carbocycles. The number of hydrogen-bond acceptors (Lipinski definition) is 10. The van der Waals surface area contributed by atoms with Crippen LogP contribution in [0.5, 0.6) is 11.5 Å². The van der Waals surface area contributed by atoms with E-state index in [0.29, 0.717) is 13.1 Å². The molecule has 1 N–H and O–H groups in total. The summed E-state index contributed by atoms with van der Waals surface area (Å²) < 4.78 is 15.0. The Balaban J connectivity index is 2.44. The Labute approximate surface area is 212 Å². The highest BCUT2D eigenvalue weighted by molar-refractivity contribution is 6.01. The molecule has 194 valence electrons. The van der Waals surface area contributed by atoms with E-state index in [0.717, 1.165) is 18.2 Å². The second-order valence-electron chi connectivity index (χ2n) is 7.30. The number of rotatable bonds is 10. The lowest BCUT2D eigenvalue weighted by Gasteiger charge is -2.18. The predicted octanol–water partition coefficient (Wildman–Crippen LogP) is 3.90. The Hall–Kier alpha value is -4.92. The van der Waals surface area contributed by atoms with Crippen LogP contribution in [0.25, 0.3) is 6.08 Å². The van der Waals surface area contributed by atoms with Gasteiger partial charge in [-0.15, -0.1) is 0 Å². The van der Waals surface area contributed by atoms with E-state index in [1.165, 1.54) is 17.0 Å². The smallest absolute Gasteiger partial charge is 0.499 e. The van der Waals surface area contributed by atoms with Gasteiger partial charge in [-0.1, -0.05) is 30.3 Å². The zero-order valence-electron chi connectivity index (χ0n) is 20.4. The van der Waals surface area contributed by atoms with Crippen molar-refractivity contribution in [1.82, 2.24) is 4.90 Å². The summed E-state index contributed by atoms with van der Waals surface area (Å²) in [5.41, 5.74) is -0.981. The van der Waals surface area contributed by atoms with Crippen molar-refractivity contribution in [3.63, 3.8) is 0 Å². The van der Waals surface area contributed by atoms with Crippen LogP contribution in [0.1, 0.15) is 38.0 Å². The van der Waals surface area contributed by atoms with Crippen LogP contribution < -0.4 is 4.74 Å². The first-order chi connectivity index (χ1) is 17.7. The summed E-state index contributed by atoms with van der Waals surface area (Å²) in [6, 6.07) is 11.6. The second-order valence-corrected chi connectivity index (χ2v) is 7.30. The van der Waals surface area contributed by atoms with E-state index in [1.54, 1.807) is 45.0 Å². The number of likely N-dealkylation sites (N-methyl/N-ethyl adjacent to an activating group) is 1. The quantitative estimate of drug-likeness (QED) is 0.123. The van der Waals surface area contributed by atoms with Gasteiger partial charge in [0.2, 0.25) is 11.9 Å². The summed E-state index contributed by atoms with van der Waals surface area (Å²) in [7, 11) is 0. The topological polar surface area (TPSA) is 169 Å². The van der Waals surface area contributed by atoms with Gasteiger partial charge < -0.3 is 24.2 Å². The summed E-state index contributed by atoms with van der Waals surface area (Å²) in [6.45, 7) is 5.67. The van der Waals surface area contributed by atoms with Gasteiger partial charge in [0.05, 0.1) is 11.5 Å². The highest BCUT2D eigenvalue weighted by Crippen LogP contribution is 2.38. The zero-order chi connectivity index (χ0) is 27.5. The van der Waals surface area contributed by atoms with E-state index in [-0.39, 0.29) is 23.3 Å². The molecule has 2 rings (SSSR count). The van der Waals surface area contributed by atoms with E-state index in [9.17, 15) is 34.9 Å². The lowest BCUT2D eigenvalue weighted by atomic mass is 10.1. The number of phenols is 1. The normalized spacial score (nSPS) is 11.6. The molecule has 12 heteroatoms. The van der Waals surface area contributed by atoms with Crippen LogP contribution in [0, 0.1) is 21.4 Å². The fraction of sp³-hybridized carbons (Fsp3) is 0.280. The number of amides is 1. The Morgan fingerprint density at radius 1 is 1.16 bits per heavy atom. The van der Waals surface area contributed by atoms with Gasteiger partial charge in [0.15, 0.2) is 5.75 Å². The number of nitrogens with zero attached hydrogens (tertiary/aromatic N) is 3. The molecule has 37 heavy (non-hydrogen) atoms. The maximum Gasteiger partial charge on any atom is 0.515 e. The van der Waals surface area contributed by atoms with Crippen molar-refractivity contribution in [2.24, 2.45) is 0 Å². The van der Waals surface area contributed by atoms with Gasteiger partial charge >= 0.3 is 17.8 Å². The van der Waals surface area contributed by atoms with Crippen LogP contribution in [0.15, 0.2) is 48.0 Å². The van der Waals surface area contributed by atoms with Crippen LogP contribution in [0.2, 0.25) is 0 Å². The van der Waals surface area contributed by atoms with Gasteiger partial charge in [0.25, 0.3) is 5.91 Å². The molecule has 0 saturated heterocycles. The summed E-state index contributed by atoms with van der Waals surface area (Å²) in [6.07, 6.45) is -1.91. The number of nitriles is 1. The molecule has 12 nitrogen and oxygen atoms in total. The molecule has 0 aliphatic carbocycles. The second kappa shape index (κ2) is 13.2. The van der Waals surface area contributed by atoms with E-state index in [4.69, 9.17) is 14.2 Å². The largest absolute Gasteiger partial charge is 0.515 e. The van der Waals surface area contributed by atoms with E-state index < -0.39 is 46.2 Å². The molecule has 0 aliphatic heterocycles. The van der Waals surface area contributed by atoms with Crippen molar-refractivity contribution in [3.8, 4) is 17.6 Å². The third kappa shape index (κ3) is 7.28. The zero-order valence-corrected chi connectivity index (χ0v) is 20.4. The molecule has 2 aromatic rings. The van der Waals surface area contributed by atoms with Gasteiger partial charge in [0.1, 0.15) is 11.6 Å². The van der Waals surface area contributed by atoms with E-state index >= 15 is 0 Å². The van der Waals surface area contributed by atoms with Crippen molar-refractivity contribution in [2.45, 2.75) is 26.9 Å². The molecular weight excluding hydrogens is 486 g/mol. The van der Waals surface area contributed by atoms with Crippen LogP contribution in [0.3, 0.4) is 0 Å². The number of carbonyl (C=O) groups excluding carboxylic acids is 3. The van der Waals surface area contributed by atoms with Crippen molar-refractivity contribution < 1.29 is 38.6 Å². The average molecular weight is 511 g/mol. The predicted molar refractivity (Wildman–Crippen MR) is 129 cm³/mol. The maximum atomic E-state index is 12.6. The number of benzene rings is 2. The first kappa shape index (κ1) is 28.3. The minimum atomic E-state index is -1.51. The fourth-order valence-electron chi connectivity index (χ4n) is 3.21. The van der Waals surface area contributed by atoms with Crippen LogP contribution in [0.4, 0.5) is 10.5 Å². The summed E-state index contributed by atoms with van der Waals surface area (Å²) >= 11 is 0. The number of hydrogen-bond donors (Lipinski definition) is 1. The molecule has 0 bridgehead atoms. The van der Waals surface area contributed by atoms with Crippen molar-refractivity contribution in [3.05, 3.63) is 69.3 Å². The lowest BCUT2D eigenvalue weighted by Crippen LogP contribution is -2.31. The van der Waals surface area contributed by atoms with Crippen LogP contribution in [-0.4, -0.2) is 52.7 Å². The Morgan fingerprint density at radius 2 is 1.81 bits per heavy atom. The summed E-state index contributed by atoms with van der Waals surface area (Å²) in [5, 5.41) is 31.2. The Morgan fingerprint density at radius 3 is 2.35 bits per heavy atom. The molecule has 2 aromatic carbocycles. The Bertz CT molecular complexity index is 1230. The molecule has 0 heterocycles. The number of ether oxygens (including phenoxy) is 3. The Kier molecular flexibility index (Phi) is 10.1.